The Bertz CT molecular complexity index is 441. The summed E-state index contributed by atoms with van der Waals surface area (Å²) in [6.07, 6.45) is 3.01. The molecule has 0 aromatic rings. The lowest BCUT2D eigenvalue weighted by atomic mass is 9.83. The van der Waals surface area contributed by atoms with Crippen LogP contribution < -0.4 is 0 Å². The molecule has 0 radical (unpaired) electrons. The maximum absolute atomic E-state index is 5.87. The molecule has 0 bridgehead atoms. The van der Waals surface area contributed by atoms with E-state index in [4.69, 9.17) is 33.2 Å². The second kappa shape index (κ2) is 11.0. The lowest BCUT2D eigenvalue weighted by Crippen LogP contribution is -2.49. The summed E-state index contributed by atoms with van der Waals surface area (Å²) in [4.78, 5) is 0. The van der Waals surface area contributed by atoms with Crippen LogP contribution in [0.15, 0.2) is 0 Å². The van der Waals surface area contributed by atoms with Crippen LogP contribution in [0, 0.1) is 16.2 Å². The molecule has 7 nitrogen and oxygen atoms in total. The van der Waals surface area contributed by atoms with E-state index in [0.717, 1.165) is 92.1 Å². The zero-order chi connectivity index (χ0) is 21.5. The van der Waals surface area contributed by atoms with E-state index in [1.807, 2.05) is 0 Å². The number of ether oxygens (including phenoxy) is 7. The number of hydrogen-bond acceptors (Lipinski definition) is 7. The smallest absolute Gasteiger partial charge is 0.104 e. The Morgan fingerprint density at radius 2 is 1.13 bits per heavy atom. The monoisotopic (exact) mass is 430 g/mol. The van der Waals surface area contributed by atoms with Crippen molar-refractivity contribution in [1.29, 1.82) is 0 Å². The summed E-state index contributed by atoms with van der Waals surface area (Å²) in [5.41, 5.74) is 0.711. The quantitative estimate of drug-likeness (QED) is 0.392. The fourth-order valence-electron chi connectivity index (χ4n) is 3.35. The van der Waals surface area contributed by atoms with Crippen LogP contribution in [0.4, 0.5) is 0 Å². The molecule has 30 heavy (non-hydrogen) atoms. The molecule has 0 N–H and O–H groups in total. The first-order valence-corrected chi connectivity index (χ1v) is 11.5. The first-order chi connectivity index (χ1) is 14.4. The van der Waals surface area contributed by atoms with Gasteiger partial charge >= 0.3 is 0 Å². The van der Waals surface area contributed by atoms with Gasteiger partial charge in [-0.25, -0.2) is 0 Å². The predicted octanol–water partition coefficient (Wildman–Crippen LogP) is 2.70. The largest absolute Gasteiger partial charge is 0.380 e. The minimum Gasteiger partial charge on any atom is -0.380 e. The van der Waals surface area contributed by atoms with E-state index < -0.39 is 0 Å². The lowest BCUT2D eigenvalue weighted by molar-refractivity contribution is -0.187. The molecule has 0 aromatic carbocycles. The van der Waals surface area contributed by atoms with Gasteiger partial charge in [0.05, 0.1) is 79.3 Å². The van der Waals surface area contributed by atoms with Gasteiger partial charge in [0, 0.05) is 16.2 Å². The first-order valence-electron chi connectivity index (χ1n) is 11.5. The highest BCUT2D eigenvalue weighted by Crippen LogP contribution is 2.35. The van der Waals surface area contributed by atoms with Crippen molar-refractivity contribution in [2.75, 3.05) is 79.3 Å². The van der Waals surface area contributed by atoms with Crippen LogP contribution in [0.5, 0.6) is 0 Å². The Hall–Kier alpha value is -0.280. The van der Waals surface area contributed by atoms with Gasteiger partial charge in [-0.05, 0) is 12.8 Å². The molecule has 0 aliphatic carbocycles. The molecule has 0 spiro atoms. The van der Waals surface area contributed by atoms with E-state index >= 15 is 0 Å². The topological polar surface area (TPSA) is 71.2 Å². The van der Waals surface area contributed by atoms with E-state index in [-0.39, 0.29) is 5.41 Å². The third-order valence-electron chi connectivity index (χ3n) is 6.35. The molecule has 0 amide bonds. The number of epoxide rings is 2. The van der Waals surface area contributed by atoms with Gasteiger partial charge in [0.15, 0.2) is 0 Å². The van der Waals surface area contributed by atoms with Crippen molar-refractivity contribution in [3.8, 4) is 0 Å². The van der Waals surface area contributed by atoms with Gasteiger partial charge in [0.1, 0.15) is 12.2 Å². The molecular formula is C23H42O7. The average Bonchev–Trinajstić information content (AvgIpc) is 3.55. The number of rotatable bonds is 14. The average molecular weight is 431 g/mol. The molecule has 0 aromatic heterocycles. The van der Waals surface area contributed by atoms with Crippen LogP contribution in [0.1, 0.15) is 40.5 Å². The zero-order valence-corrected chi connectivity index (χ0v) is 19.4. The van der Waals surface area contributed by atoms with Gasteiger partial charge in [-0.2, -0.15) is 0 Å². The van der Waals surface area contributed by atoms with Crippen molar-refractivity contribution in [2.45, 2.75) is 52.7 Å². The molecule has 4 rings (SSSR count). The second-order valence-electron chi connectivity index (χ2n) is 10.3. The summed E-state index contributed by atoms with van der Waals surface area (Å²) in [5, 5.41) is 0. The maximum atomic E-state index is 5.87. The summed E-state index contributed by atoms with van der Waals surface area (Å²) < 4.78 is 37.7. The van der Waals surface area contributed by atoms with Crippen molar-refractivity contribution >= 4 is 0 Å². The van der Waals surface area contributed by atoms with Crippen molar-refractivity contribution in [3.05, 3.63) is 0 Å². The molecular weight excluding hydrogens is 388 g/mol. The summed E-state index contributed by atoms with van der Waals surface area (Å²) in [5.74, 6) is 0. The fourth-order valence-corrected chi connectivity index (χ4v) is 3.35. The summed E-state index contributed by atoms with van der Waals surface area (Å²) in [6, 6.07) is 0. The van der Waals surface area contributed by atoms with Crippen molar-refractivity contribution in [2.24, 2.45) is 16.2 Å². The minimum atomic E-state index is 0.0732. The summed E-state index contributed by atoms with van der Waals surface area (Å²) in [6.45, 7) is 18.5. The summed E-state index contributed by atoms with van der Waals surface area (Å²) in [7, 11) is 0. The molecule has 4 aliphatic rings. The van der Waals surface area contributed by atoms with E-state index in [1.54, 1.807) is 0 Å². The molecule has 4 fully saturated rings. The van der Waals surface area contributed by atoms with Gasteiger partial charge in [0.2, 0.25) is 0 Å². The van der Waals surface area contributed by atoms with E-state index in [2.05, 4.69) is 27.7 Å². The van der Waals surface area contributed by atoms with Gasteiger partial charge in [0.25, 0.3) is 0 Å². The minimum absolute atomic E-state index is 0.0732. The molecule has 7 heteroatoms. The van der Waals surface area contributed by atoms with Crippen LogP contribution in [0.3, 0.4) is 0 Å². The molecule has 2 atom stereocenters. The van der Waals surface area contributed by atoms with E-state index in [1.165, 1.54) is 0 Å². The van der Waals surface area contributed by atoms with E-state index in [9.17, 15) is 0 Å². The Morgan fingerprint density at radius 3 is 1.40 bits per heavy atom. The van der Waals surface area contributed by atoms with Crippen LogP contribution in [0.2, 0.25) is 0 Å². The Balaban J connectivity index is 0.000000171. The van der Waals surface area contributed by atoms with Crippen molar-refractivity contribution in [3.63, 3.8) is 0 Å². The molecule has 0 saturated carbocycles. The third kappa shape index (κ3) is 8.01. The van der Waals surface area contributed by atoms with Gasteiger partial charge < -0.3 is 33.2 Å². The Kier molecular flexibility index (Phi) is 8.96. The van der Waals surface area contributed by atoms with Crippen LogP contribution in [-0.4, -0.2) is 91.5 Å². The predicted molar refractivity (Wildman–Crippen MR) is 113 cm³/mol. The normalized spacial score (nSPS) is 28.0. The van der Waals surface area contributed by atoms with Crippen LogP contribution in [-0.2, 0) is 33.2 Å². The van der Waals surface area contributed by atoms with Gasteiger partial charge in [-0.1, -0.05) is 27.7 Å². The van der Waals surface area contributed by atoms with Crippen molar-refractivity contribution < 1.29 is 33.2 Å². The fraction of sp³-hybridized carbons (Fsp3) is 1.00. The van der Waals surface area contributed by atoms with Gasteiger partial charge in [-0.15, -0.1) is 0 Å². The maximum Gasteiger partial charge on any atom is 0.104 e. The van der Waals surface area contributed by atoms with Crippen LogP contribution >= 0.6 is 0 Å². The lowest BCUT2D eigenvalue weighted by Gasteiger charge is -2.44. The third-order valence-corrected chi connectivity index (χ3v) is 6.35. The highest BCUT2D eigenvalue weighted by atomic mass is 16.6. The van der Waals surface area contributed by atoms with Crippen molar-refractivity contribution in [1.82, 2.24) is 0 Å². The first kappa shape index (κ1) is 24.4. The summed E-state index contributed by atoms with van der Waals surface area (Å²) >= 11 is 0. The molecule has 4 aliphatic heterocycles. The van der Waals surface area contributed by atoms with E-state index in [0.29, 0.717) is 23.0 Å². The highest BCUT2D eigenvalue weighted by Gasteiger charge is 2.40. The second-order valence-corrected chi connectivity index (χ2v) is 10.3. The Morgan fingerprint density at radius 1 is 0.733 bits per heavy atom. The Labute approximate surface area is 182 Å². The standard InChI is InChI=1S/C12H22O3.C11H20O4/c1-3-11(5-13-6-11)9-15-10-12(4-2)7-14-8-12;1-11(2,7-12-3-9-5-14-9)8-13-4-10-6-15-10/h3-10H2,1-2H3;9-10H,3-8H2,1-2H3. The van der Waals surface area contributed by atoms with Gasteiger partial charge in [-0.3, -0.25) is 0 Å². The highest BCUT2D eigenvalue weighted by molar-refractivity contribution is 4.87. The molecule has 176 valence electrons. The van der Waals surface area contributed by atoms with Crippen LogP contribution in [0.25, 0.3) is 0 Å². The molecule has 4 saturated heterocycles. The molecule has 2 unspecified atom stereocenters. The zero-order valence-electron chi connectivity index (χ0n) is 19.4. The SMILES string of the molecule is CC(C)(COCC1CO1)COCC1CO1.CCC1(COCC2(CC)COC2)COC1. The molecule has 4 heterocycles. The number of hydrogen-bond donors (Lipinski definition) is 0.